The van der Waals surface area contributed by atoms with E-state index in [0.717, 1.165) is 31.7 Å². The van der Waals surface area contributed by atoms with Crippen LogP contribution < -0.4 is 0 Å². The highest BCUT2D eigenvalue weighted by atomic mass is 16.4. The second kappa shape index (κ2) is 5.12. The van der Waals surface area contributed by atoms with Crippen molar-refractivity contribution in [3.63, 3.8) is 0 Å². The number of carbonyl (C=O) groups is 1. The number of aromatic carboxylic acids is 1. The molecular weight excluding hydrogens is 206 g/mol. The van der Waals surface area contributed by atoms with E-state index in [2.05, 4.69) is 15.1 Å². The monoisotopic (exact) mass is 223 g/mol. The molecule has 1 aliphatic heterocycles. The van der Waals surface area contributed by atoms with Crippen LogP contribution in [0.3, 0.4) is 0 Å². The summed E-state index contributed by atoms with van der Waals surface area (Å²) in [6.07, 6.45) is 5.96. The van der Waals surface area contributed by atoms with Crippen LogP contribution in [0.25, 0.3) is 0 Å². The predicted octanol–water partition coefficient (Wildman–Crippen LogP) is 1.14. The molecule has 2 rings (SSSR count). The highest BCUT2D eigenvalue weighted by Crippen LogP contribution is 2.11. The zero-order valence-electron chi connectivity index (χ0n) is 9.28. The van der Waals surface area contributed by atoms with Gasteiger partial charge in [0.2, 0.25) is 0 Å². The third-order valence-corrected chi connectivity index (χ3v) is 3.08. The molecule has 0 radical (unpaired) electrons. The van der Waals surface area contributed by atoms with Gasteiger partial charge in [0, 0.05) is 13.0 Å². The van der Waals surface area contributed by atoms with Crippen molar-refractivity contribution in [2.75, 3.05) is 19.6 Å². The number of carboxylic acids is 1. The van der Waals surface area contributed by atoms with Crippen molar-refractivity contribution in [1.82, 2.24) is 15.1 Å². The summed E-state index contributed by atoms with van der Waals surface area (Å²) < 4.78 is 0. The molecule has 1 aliphatic rings. The Morgan fingerprint density at radius 1 is 1.44 bits per heavy atom. The number of piperidine rings is 1. The second-order valence-corrected chi connectivity index (χ2v) is 4.22. The Labute approximate surface area is 94.5 Å². The number of nitrogens with one attached hydrogen (secondary N) is 1. The minimum atomic E-state index is -0.901. The van der Waals surface area contributed by atoms with E-state index in [0.29, 0.717) is 5.56 Å². The van der Waals surface area contributed by atoms with Crippen LogP contribution in [0.5, 0.6) is 0 Å². The molecule has 1 saturated heterocycles. The van der Waals surface area contributed by atoms with Crippen molar-refractivity contribution in [3.05, 3.63) is 17.5 Å². The van der Waals surface area contributed by atoms with Crippen molar-refractivity contribution in [2.45, 2.75) is 25.7 Å². The van der Waals surface area contributed by atoms with E-state index < -0.39 is 5.97 Å². The molecule has 16 heavy (non-hydrogen) atoms. The minimum absolute atomic E-state index is 0.303. The van der Waals surface area contributed by atoms with Crippen LogP contribution >= 0.6 is 0 Å². The van der Waals surface area contributed by atoms with Crippen molar-refractivity contribution < 1.29 is 9.90 Å². The van der Waals surface area contributed by atoms with E-state index in [9.17, 15) is 4.79 Å². The van der Waals surface area contributed by atoms with E-state index in [1.807, 2.05) is 0 Å². The number of nitrogens with zero attached hydrogens (tertiary/aromatic N) is 2. The molecule has 1 aromatic rings. The van der Waals surface area contributed by atoms with Crippen LogP contribution in [0.2, 0.25) is 0 Å². The maximum absolute atomic E-state index is 10.9. The Kier molecular flexibility index (Phi) is 3.56. The topological polar surface area (TPSA) is 69.2 Å². The van der Waals surface area contributed by atoms with Gasteiger partial charge in [-0.1, -0.05) is 6.42 Å². The van der Waals surface area contributed by atoms with Crippen molar-refractivity contribution in [2.24, 2.45) is 0 Å². The van der Waals surface area contributed by atoms with Gasteiger partial charge in [0.1, 0.15) is 5.56 Å². The maximum Gasteiger partial charge on any atom is 0.339 e. The lowest BCUT2D eigenvalue weighted by molar-refractivity contribution is 0.0695. The third kappa shape index (κ3) is 2.61. The summed E-state index contributed by atoms with van der Waals surface area (Å²) >= 11 is 0. The highest BCUT2D eigenvalue weighted by Gasteiger charge is 2.14. The standard InChI is InChI=1S/C11H17N3O2/c15-11(16)9-8-12-13-10(9)4-7-14-5-2-1-3-6-14/h8H,1-7H2,(H,12,13)(H,15,16). The maximum atomic E-state index is 10.9. The SMILES string of the molecule is O=C(O)c1cn[nH]c1CCN1CCCCC1. The summed E-state index contributed by atoms with van der Waals surface area (Å²) in [5.41, 5.74) is 1.04. The lowest BCUT2D eigenvalue weighted by Gasteiger charge is -2.26. The Morgan fingerprint density at radius 2 is 2.19 bits per heavy atom. The van der Waals surface area contributed by atoms with Gasteiger partial charge in [0.05, 0.1) is 11.9 Å². The molecule has 0 unspecified atom stereocenters. The molecule has 0 bridgehead atoms. The van der Waals surface area contributed by atoms with Crippen LogP contribution in [0.4, 0.5) is 0 Å². The summed E-state index contributed by atoms with van der Waals surface area (Å²) in [6, 6.07) is 0. The van der Waals surface area contributed by atoms with E-state index in [1.165, 1.54) is 25.5 Å². The van der Waals surface area contributed by atoms with Crippen molar-refractivity contribution >= 4 is 5.97 Å². The number of aromatic amines is 1. The van der Waals surface area contributed by atoms with Gasteiger partial charge < -0.3 is 10.0 Å². The molecule has 0 saturated carbocycles. The molecule has 88 valence electrons. The number of hydrogen-bond acceptors (Lipinski definition) is 3. The smallest absolute Gasteiger partial charge is 0.339 e. The van der Waals surface area contributed by atoms with Gasteiger partial charge in [0.15, 0.2) is 0 Å². The minimum Gasteiger partial charge on any atom is -0.478 e. The Bertz CT molecular complexity index is 356. The van der Waals surface area contributed by atoms with Gasteiger partial charge >= 0.3 is 5.97 Å². The lowest BCUT2D eigenvalue weighted by Crippen LogP contribution is -2.31. The average molecular weight is 223 g/mol. The molecule has 2 heterocycles. The number of aromatic nitrogens is 2. The first-order valence-corrected chi connectivity index (χ1v) is 5.75. The summed E-state index contributed by atoms with van der Waals surface area (Å²) in [6.45, 7) is 3.19. The highest BCUT2D eigenvalue weighted by molar-refractivity contribution is 5.88. The first-order valence-electron chi connectivity index (χ1n) is 5.75. The fraction of sp³-hybridized carbons (Fsp3) is 0.636. The summed E-state index contributed by atoms with van der Waals surface area (Å²) in [4.78, 5) is 13.2. The average Bonchev–Trinajstić information content (AvgIpc) is 2.76. The fourth-order valence-electron chi connectivity index (χ4n) is 2.14. The molecule has 0 aromatic carbocycles. The van der Waals surface area contributed by atoms with Gasteiger partial charge in [-0.3, -0.25) is 5.10 Å². The van der Waals surface area contributed by atoms with E-state index >= 15 is 0 Å². The van der Waals surface area contributed by atoms with Crippen molar-refractivity contribution in [1.29, 1.82) is 0 Å². The molecule has 0 amide bonds. The van der Waals surface area contributed by atoms with E-state index in [4.69, 9.17) is 5.11 Å². The number of H-pyrrole nitrogens is 1. The zero-order valence-corrected chi connectivity index (χ0v) is 9.28. The second-order valence-electron chi connectivity index (χ2n) is 4.22. The van der Waals surface area contributed by atoms with Crippen LogP contribution in [0.1, 0.15) is 35.3 Å². The predicted molar refractivity (Wildman–Crippen MR) is 59.5 cm³/mol. The van der Waals surface area contributed by atoms with Gasteiger partial charge in [-0.25, -0.2) is 4.79 Å². The first-order chi connectivity index (χ1) is 7.77. The van der Waals surface area contributed by atoms with Gasteiger partial charge in [0.25, 0.3) is 0 Å². The normalized spacial score (nSPS) is 17.5. The van der Waals surface area contributed by atoms with E-state index in [-0.39, 0.29) is 0 Å². The molecule has 5 nitrogen and oxygen atoms in total. The van der Waals surface area contributed by atoms with Crippen LogP contribution in [-0.4, -0.2) is 45.8 Å². The molecule has 0 aliphatic carbocycles. The summed E-state index contributed by atoms with van der Waals surface area (Å²) in [5.74, 6) is -0.901. The molecule has 2 N–H and O–H groups in total. The zero-order chi connectivity index (χ0) is 11.4. The quantitative estimate of drug-likeness (QED) is 0.803. The molecule has 0 atom stereocenters. The van der Waals surface area contributed by atoms with Crippen LogP contribution in [-0.2, 0) is 6.42 Å². The van der Waals surface area contributed by atoms with Gasteiger partial charge in [-0.05, 0) is 25.9 Å². The molecular formula is C11H17N3O2. The van der Waals surface area contributed by atoms with Crippen LogP contribution in [0, 0.1) is 0 Å². The number of carboxylic acid groups (broad SMARTS) is 1. The van der Waals surface area contributed by atoms with Crippen LogP contribution in [0.15, 0.2) is 6.20 Å². The number of hydrogen-bond donors (Lipinski definition) is 2. The Morgan fingerprint density at radius 3 is 2.88 bits per heavy atom. The third-order valence-electron chi connectivity index (χ3n) is 3.08. The van der Waals surface area contributed by atoms with Gasteiger partial charge in [-0.15, -0.1) is 0 Å². The summed E-state index contributed by atoms with van der Waals surface area (Å²) in [7, 11) is 0. The summed E-state index contributed by atoms with van der Waals surface area (Å²) in [5, 5.41) is 15.5. The largest absolute Gasteiger partial charge is 0.478 e. The molecule has 5 heteroatoms. The Balaban J connectivity index is 1.88. The first kappa shape index (κ1) is 11.1. The number of likely N-dealkylation sites (tertiary alicyclic amines) is 1. The van der Waals surface area contributed by atoms with E-state index in [1.54, 1.807) is 0 Å². The molecule has 1 fully saturated rings. The molecule has 1 aromatic heterocycles. The fourth-order valence-corrected chi connectivity index (χ4v) is 2.14. The number of rotatable bonds is 4. The Hall–Kier alpha value is -1.36. The van der Waals surface area contributed by atoms with Gasteiger partial charge in [-0.2, -0.15) is 5.10 Å². The molecule has 0 spiro atoms. The lowest BCUT2D eigenvalue weighted by atomic mass is 10.1. The van der Waals surface area contributed by atoms with Crippen molar-refractivity contribution in [3.8, 4) is 0 Å².